The number of likely N-dealkylation sites (tertiary alicyclic amines) is 1. The summed E-state index contributed by atoms with van der Waals surface area (Å²) in [5.74, 6) is 1.46. The third-order valence-electron chi connectivity index (χ3n) is 6.50. The van der Waals surface area contributed by atoms with Gasteiger partial charge < -0.3 is 20.4 Å². The van der Waals surface area contributed by atoms with Gasteiger partial charge in [0.15, 0.2) is 5.96 Å². The predicted octanol–water partition coefficient (Wildman–Crippen LogP) is 3.46. The van der Waals surface area contributed by atoms with Crippen LogP contribution in [0.15, 0.2) is 4.99 Å². The van der Waals surface area contributed by atoms with E-state index in [2.05, 4.69) is 48.3 Å². The minimum atomic E-state index is 0. The van der Waals surface area contributed by atoms with Crippen LogP contribution >= 0.6 is 24.0 Å². The van der Waals surface area contributed by atoms with Gasteiger partial charge in [-0.3, -0.25) is 9.79 Å². The Morgan fingerprint density at radius 3 is 2.28 bits per heavy atom. The van der Waals surface area contributed by atoms with E-state index in [0.29, 0.717) is 11.9 Å². The highest BCUT2D eigenvalue weighted by atomic mass is 127. The molecule has 7 heteroatoms. The minimum Gasteiger partial charge on any atom is -0.357 e. The number of nitrogens with zero attached hydrogens (tertiary/aromatic N) is 3. The van der Waals surface area contributed by atoms with Gasteiger partial charge in [0, 0.05) is 44.2 Å². The van der Waals surface area contributed by atoms with Crippen molar-refractivity contribution in [3.63, 3.8) is 0 Å². The van der Waals surface area contributed by atoms with Gasteiger partial charge in [0.2, 0.25) is 5.91 Å². The molecule has 2 aliphatic rings. The SMILES string of the molecule is CCNC(=NCCN(C)C1CCCC1)NC1CCN(C(=O)C(CC)CC)CC1.I. The van der Waals surface area contributed by atoms with Crippen molar-refractivity contribution in [1.29, 1.82) is 0 Å². The molecule has 1 aliphatic heterocycles. The minimum absolute atomic E-state index is 0. The second-order valence-corrected chi connectivity index (χ2v) is 8.44. The summed E-state index contributed by atoms with van der Waals surface area (Å²) >= 11 is 0. The highest BCUT2D eigenvalue weighted by molar-refractivity contribution is 14.0. The number of hydrogen-bond donors (Lipinski definition) is 2. The lowest BCUT2D eigenvalue weighted by atomic mass is 9.98. The number of piperidine rings is 1. The topological polar surface area (TPSA) is 60.0 Å². The van der Waals surface area contributed by atoms with Gasteiger partial charge in [-0.15, -0.1) is 24.0 Å². The van der Waals surface area contributed by atoms with E-state index in [1.165, 1.54) is 25.7 Å². The molecule has 170 valence electrons. The fourth-order valence-corrected chi connectivity index (χ4v) is 4.50. The van der Waals surface area contributed by atoms with Crippen LogP contribution < -0.4 is 10.6 Å². The van der Waals surface area contributed by atoms with Gasteiger partial charge in [-0.1, -0.05) is 26.7 Å². The molecule has 2 N–H and O–H groups in total. The summed E-state index contributed by atoms with van der Waals surface area (Å²) in [6.45, 7) is 10.8. The number of rotatable bonds is 9. The Bertz CT molecular complexity index is 484. The summed E-state index contributed by atoms with van der Waals surface area (Å²) in [7, 11) is 2.23. The van der Waals surface area contributed by atoms with E-state index >= 15 is 0 Å². The number of halogens is 1. The lowest BCUT2D eigenvalue weighted by Crippen LogP contribution is -2.50. The van der Waals surface area contributed by atoms with Gasteiger partial charge in [-0.05, 0) is 52.5 Å². The van der Waals surface area contributed by atoms with Crippen molar-refractivity contribution >= 4 is 35.8 Å². The number of amides is 1. The fourth-order valence-electron chi connectivity index (χ4n) is 4.50. The second kappa shape index (κ2) is 14.4. The van der Waals surface area contributed by atoms with Crippen LogP contribution in [0.5, 0.6) is 0 Å². The van der Waals surface area contributed by atoms with Crippen LogP contribution in [0.1, 0.15) is 72.1 Å². The summed E-state index contributed by atoms with van der Waals surface area (Å²) in [5, 5.41) is 6.98. The van der Waals surface area contributed by atoms with Gasteiger partial charge >= 0.3 is 0 Å². The molecule has 1 saturated carbocycles. The molecule has 0 bridgehead atoms. The summed E-state index contributed by atoms with van der Waals surface area (Å²) in [6, 6.07) is 1.15. The molecule has 2 rings (SSSR count). The van der Waals surface area contributed by atoms with Gasteiger partial charge in [-0.25, -0.2) is 0 Å². The van der Waals surface area contributed by atoms with Crippen LogP contribution in [0.3, 0.4) is 0 Å². The summed E-state index contributed by atoms with van der Waals surface area (Å²) in [6.07, 6.45) is 9.32. The average molecular weight is 522 g/mol. The molecule has 0 unspecified atom stereocenters. The molecule has 0 aromatic heterocycles. The Balaban J connectivity index is 0.00000420. The molecule has 1 aliphatic carbocycles. The van der Waals surface area contributed by atoms with Gasteiger partial charge in [-0.2, -0.15) is 0 Å². The summed E-state index contributed by atoms with van der Waals surface area (Å²) < 4.78 is 0. The summed E-state index contributed by atoms with van der Waals surface area (Å²) in [5.41, 5.74) is 0. The van der Waals surface area contributed by atoms with E-state index in [0.717, 1.165) is 70.4 Å². The normalized spacial score (nSPS) is 19.0. The predicted molar refractivity (Wildman–Crippen MR) is 133 cm³/mol. The zero-order chi connectivity index (χ0) is 20.4. The second-order valence-electron chi connectivity index (χ2n) is 8.44. The Morgan fingerprint density at radius 2 is 1.72 bits per heavy atom. The van der Waals surface area contributed by atoms with E-state index in [9.17, 15) is 4.79 Å². The highest BCUT2D eigenvalue weighted by Crippen LogP contribution is 2.22. The van der Waals surface area contributed by atoms with Gasteiger partial charge in [0.1, 0.15) is 0 Å². The smallest absolute Gasteiger partial charge is 0.225 e. The fraction of sp³-hybridized carbons (Fsp3) is 0.909. The number of likely N-dealkylation sites (N-methyl/N-ethyl adjacent to an activating group) is 1. The van der Waals surface area contributed by atoms with Crippen LogP contribution in [-0.4, -0.2) is 73.5 Å². The van der Waals surface area contributed by atoms with Crippen molar-refractivity contribution in [3.05, 3.63) is 0 Å². The van der Waals surface area contributed by atoms with Crippen molar-refractivity contribution in [2.75, 3.05) is 39.8 Å². The molecule has 1 saturated heterocycles. The molecule has 1 amide bonds. The zero-order valence-electron chi connectivity index (χ0n) is 19.1. The first-order chi connectivity index (χ1) is 13.6. The van der Waals surface area contributed by atoms with E-state index in [4.69, 9.17) is 4.99 Å². The van der Waals surface area contributed by atoms with E-state index < -0.39 is 0 Å². The number of hydrogen-bond acceptors (Lipinski definition) is 3. The molecule has 0 spiro atoms. The number of carbonyl (C=O) groups excluding carboxylic acids is 1. The van der Waals surface area contributed by atoms with E-state index in [-0.39, 0.29) is 29.9 Å². The molecule has 0 radical (unpaired) electrons. The molecule has 1 heterocycles. The maximum atomic E-state index is 12.6. The van der Waals surface area contributed by atoms with E-state index in [1.54, 1.807) is 0 Å². The quantitative estimate of drug-likeness (QED) is 0.277. The molecular weight excluding hydrogens is 477 g/mol. The zero-order valence-corrected chi connectivity index (χ0v) is 21.4. The number of aliphatic imine (C=N–C) groups is 1. The van der Waals surface area contributed by atoms with Crippen molar-refractivity contribution in [2.24, 2.45) is 10.9 Å². The van der Waals surface area contributed by atoms with Crippen LogP contribution in [0, 0.1) is 5.92 Å². The third-order valence-corrected chi connectivity index (χ3v) is 6.50. The third kappa shape index (κ3) is 8.59. The molecule has 0 aromatic carbocycles. The van der Waals surface area contributed by atoms with Crippen LogP contribution in [0.4, 0.5) is 0 Å². The molecule has 2 fully saturated rings. The largest absolute Gasteiger partial charge is 0.357 e. The first-order valence-corrected chi connectivity index (χ1v) is 11.6. The molecular formula is C22H44IN5O. The number of guanidine groups is 1. The van der Waals surface area contributed by atoms with Gasteiger partial charge in [0.05, 0.1) is 6.54 Å². The van der Waals surface area contributed by atoms with Crippen molar-refractivity contribution < 1.29 is 4.79 Å². The van der Waals surface area contributed by atoms with E-state index in [1.807, 2.05) is 0 Å². The molecule has 6 nitrogen and oxygen atoms in total. The van der Waals surface area contributed by atoms with Crippen LogP contribution in [-0.2, 0) is 4.79 Å². The lowest BCUT2D eigenvalue weighted by molar-refractivity contribution is -0.136. The Kier molecular flexibility index (Phi) is 13.2. The monoisotopic (exact) mass is 521 g/mol. The standard InChI is InChI=1S/C22H43N5O.HI/c1-5-18(6-2)21(28)27-15-12-19(13-16-27)25-22(23-7-3)24-14-17-26(4)20-10-8-9-11-20;/h18-20H,5-17H2,1-4H3,(H2,23,24,25);1H. The number of nitrogens with one attached hydrogen (secondary N) is 2. The van der Waals surface area contributed by atoms with Crippen molar-refractivity contribution in [2.45, 2.75) is 84.2 Å². The summed E-state index contributed by atoms with van der Waals surface area (Å²) in [4.78, 5) is 21.9. The molecule has 29 heavy (non-hydrogen) atoms. The van der Waals surface area contributed by atoms with Crippen molar-refractivity contribution in [3.8, 4) is 0 Å². The Labute approximate surface area is 195 Å². The first kappa shape index (κ1) is 26.5. The van der Waals surface area contributed by atoms with Crippen LogP contribution in [0.2, 0.25) is 0 Å². The van der Waals surface area contributed by atoms with Crippen LogP contribution in [0.25, 0.3) is 0 Å². The Hall–Kier alpha value is -0.570. The molecule has 0 atom stereocenters. The maximum absolute atomic E-state index is 12.6. The highest BCUT2D eigenvalue weighted by Gasteiger charge is 2.26. The molecule has 0 aromatic rings. The van der Waals surface area contributed by atoms with Crippen molar-refractivity contribution in [1.82, 2.24) is 20.4 Å². The first-order valence-electron chi connectivity index (χ1n) is 11.6. The maximum Gasteiger partial charge on any atom is 0.225 e. The Morgan fingerprint density at radius 1 is 1.10 bits per heavy atom. The average Bonchev–Trinajstić information content (AvgIpc) is 3.24. The van der Waals surface area contributed by atoms with Gasteiger partial charge in [0.25, 0.3) is 0 Å². The number of carbonyl (C=O) groups is 1. The lowest BCUT2D eigenvalue weighted by Gasteiger charge is -2.35.